The second kappa shape index (κ2) is 4.01. The van der Waals surface area contributed by atoms with Gasteiger partial charge in [0.25, 0.3) is 0 Å². The summed E-state index contributed by atoms with van der Waals surface area (Å²) in [5.41, 5.74) is 1.42. The van der Waals surface area contributed by atoms with Crippen LogP contribution >= 0.6 is 0 Å². The van der Waals surface area contributed by atoms with Crippen LogP contribution in [-0.2, 0) is 4.74 Å². The van der Waals surface area contributed by atoms with Crippen LogP contribution in [0.4, 0.5) is 0 Å². The van der Waals surface area contributed by atoms with Crippen LogP contribution in [0.1, 0.15) is 19.3 Å². The summed E-state index contributed by atoms with van der Waals surface area (Å²) in [6, 6.07) is 0.965. The molecular weight excluding hydrogens is 175 g/mol. The maximum atomic E-state index is 5.81. The summed E-state index contributed by atoms with van der Waals surface area (Å²) < 4.78 is 5.81. The zero-order chi connectivity index (χ0) is 9.26. The highest BCUT2D eigenvalue weighted by atomic mass is 28.1. The summed E-state index contributed by atoms with van der Waals surface area (Å²) >= 11 is 0. The maximum Gasteiger partial charge on any atom is 0.102 e. The van der Waals surface area contributed by atoms with Crippen molar-refractivity contribution in [1.82, 2.24) is 0 Å². The van der Waals surface area contributed by atoms with E-state index in [1.54, 1.807) is 0 Å². The maximum absolute atomic E-state index is 5.81. The van der Waals surface area contributed by atoms with Crippen molar-refractivity contribution < 1.29 is 4.74 Å². The first-order valence-corrected chi connectivity index (χ1v) is 5.75. The first kappa shape index (κ1) is 9.53. The van der Waals surface area contributed by atoms with Gasteiger partial charge in [0.05, 0.1) is 12.7 Å². The zero-order valence-corrected chi connectivity index (χ0v) is 8.83. The number of rotatable bonds is 1. The Balaban J connectivity index is 2.15. The molecular formula is C10H14BOSi. The Bertz CT molecular complexity index is 217. The lowest BCUT2D eigenvalue weighted by molar-refractivity contribution is -0.00588. The third-order valence-corrected chi connectivity index (χ3v) is 3.80. The van der Waals surface area contributed by atoms with Crippen molar-refractivity contribution in [2.75, 3.05) is 6.61 Å². The average molecular weight is 189 g/mol. The van der Waals surface area contributed by atoms with E-state index >= 15 is 0 Å². The molecule has 67 valence electrons. The van der Waals surface area contributed by atoms with Crippen molar-refractivity contribution in [3.63, 3.8) is 0 Å². The molecule has 0 N–H and O–H groups in total. The topological polar surface area (TPSA) is 9.23 Å². The Morgan fingerprint density at radius 1 is 1.54 bits per heavy atom. The van der Waals surface area contributed by atoms with Crippen molar-refractivity contribution in [3.8, 4) is 0 Å². The molecule has 0 bridgehead atoms. The molecule has 5 radical (unpaired) electrons. The molecule has 3 heteroatoms. The van der Waals surface area contributed by atoms with Gasteiger partial charge < -0.3 is 4.74 Å². The van der Waals surface area contributed by atoms with Gasteiger partial charge >= 0.3 is 0 Å². The molecule has 1 heterocycles. The zero-order valence-electron chi connectivity index (χ0n) is 7.83. The van der Waals surface area contributed by atoms with Crippen molar-refractivity contribution in [3.05, 3.63) is 11.5 Å². The first-order valence-electron chi connectivity index (χ1n) is 5.04. The fourth-order valence-electron chi connectivity index (χ4n) is 2.58. The Morgan fingerprint density at radius 2 is 2.38 bits per heavy atom. The van der Waals surface area contributed by atoms with Crippen molar-refractivity contribution in [1.29, 1.82) is 0 Å². The molecule has 2 aliphatic rings. The molecule has 1 aliphatic heterocycles. The van der Waals surface area contributed by atoms with E-state index in [0.717, 1.165) is 12.7 Å². The Kier molecular flexibility index (Phi) is 2.94. The number of fused-ring (bicyclic) bond motifs is 1. The smallest absolute Gasteiger partial charge is 0.102 e. The molecule has 0 aromatic rings. The molecule has 0 amide bonds. The molecule has 1 saturated heterocycles. The van der Waals surface area contributed by atoms with E-state index in [4.69, 9.17) is 12.6 Å². The van der Waals surface area contributed by atoms with Crippen molar-refractivity contribution in [2.45, 2.75) is 31.4 Å². The highest BCUT2D eigenvalue weighted by Crippen LogP contribution is 2.41. The van der Waals surface area contributed by atoms with Gasteiger partial charge in [-0.25, -0.2) is 0 Å². The molecule has 0 aromatic heterocycles. The van der Waals surface area contributed by atoms with Crippen molar-refractivity contribution >= 4 is 18.1 Å². The summed E-state index contributed by atoms with van der Waals surface area (Å²) in [6.07, 6.45) is 4.23. The molecule has 1 nitrogen and oxygen atoms in total. The van der Waals surface area contributed by atoms with Crippen LogP contribution in [-0.4, -0.2) is 30.8 Å². The van der Waals surface area contributed by atoms with Crippen LogP contribution in [0.15, 0.2) is 11.5 Å². The van der Waals surface area contributed by atoms with Gasteiger partial charge in [0, 0.05) is 16.2 Å². The van der Waals surface area contributed by atoms with Gasteiger partial charge in [-0.15, -0.1) is 5.98 Å². The molecule has 1 aliphatic carbocycles. The normalized spacial score (nSPS) is 42.2. The van der Waals surface area contributed by atoms with Gasteiger partial charge in [0.2, 0.25) is 0 Å². The quantitative estimate of drug-likeness (QED) is 0.567. The van der Waals surface area contributed by atoms with Crippen LogP contribution in [0.2, 0.25) is 6.04 Å². The summed E-state index contributed by atoms with van der Waals surface area (Å²) in [5, 5.41) is 0. The summed E-state index contributed by atoms with van der Waals surface area (Å²) in [4.78, 5) is 0. The first-order chi connectivity index (χ1) is 6.36. The second-order valence-electron chi connectivity index (χ2n) is 3.98. The number of hydrogen-bond donors (Lipinski definition) is 0. The van der Waals surface area contributed by atoms with E-state index in [1.165, 1.54) is 24.8 Å². The monoisotopic (exact) mass is 189 g/mol. The number of hydrogen-bond acceptors (Lipinski definition) is 1. The predicted molar refractivity (Wildman–Crippen MR) is 55.0 cm³/mol. The lowest BCUT2D eigenvalue weighted by atomic mass is 9.81. The third-order valence-electron chi connectivity index (χ3n) is 3.30. The molecule has 0 aromatic carbocycles. The van der Waals surface area contributed by atoms with Gasteiger partial charge in [0.1, 0.15) is 7.85 Å². The van der Waals surface area contributed by atoms with E-state index in [1.807, 2.05) is 5.98 Å². The minimum absolute atomic E-state index is 0.462. The minimum atomic E-state index is 0.462. The highest BCUT2D eigenvalue weighted by Gasteiger charge is 2.37. The van der Waals surface area contributed by atoms with Gasteiger partial charge in [-0.1, -0.05) is 18.0 Å². The van der Waals surface area contributed by atoms with Gasteiger partial charge in [-0.2, -0.15) is 0 Å². The lowest BCUT2D eigenvalue weighted by Gasteiger charge is -2.35. The fourth-order valence-corrected chi connectivity index (χ4v) is 2.94. The molecule has 3 atom stereocenters. The predicted octanol–water partition coefficient (Wildman–Crippen LogP) is 1.44. The van der Waals surface area contributed by atoms with Crippen LogP contribution in [0.3, 0.4) is 0 Å². The van der Waals surface area contributed by atoms with E-state index < -0.39 is 0 Å². The summed E-state index contributed by atoms with van der Waals surface area (Å²) in [6.45, 7) is 0.841. The number of ether oxygens (including phenoxy) is 1. The third kappa shape index (κ3) is 1.64. The van der Waals surface area contributed by atoms with Gasteiger partial charge in [0.15, 0.2) is 0 Å². The van der Waals surface area contributed by atoms with E-state index in [-0.39, 0.29) is 0 Å². The Morgan fingerprint density at radius 3 is 3.08 bits per heavy atom. The van der Waals surface area contributed by atoms with Gasteiger partial charge in [-0.3, -0.25) is 0 Å². The standard InChI is InChI=1S/C10H14BOSi/c11-4-9-7(6-13)5-12-10-3-1-2-8(9)10/h4,7-8,10H,1-3,5-6H2/b9-4+/t7-,8+,10-/m1/s1. The van der Waals surface area contributed by atoms with E-state index in [0.29, 0.717) is 17.9 Å². The SMILES string of the molecule is [B]/C=C1\[C@@H](C[Si])CO[C@@H]2CCC[C@@H]12. The Labute approximate surface area is 84.8 Å². The van der Waals surface area contributed by atoms with E-state index in [9.17, 15) is 0 Å². The molecule has 0 spiro atoms. The highest BCUT2D eigenvalue weighted by molar-refractivity contribution is 6.17. The largest absolute Gasteiger partial charge is 0.377 e. The average Bonchev–Trinajstić information content (AvgIpc) is 2.63. The van der Waals surface area contributed by atoms with Crippen LogP contribution in [0, 0.1) is 11.8 Å². The second-order valence-corrected chi connectivity index (χ2v) is 4.39. The molecule has 2 rings (SSSR count). The molecule has 13 heavy (non-hydrogen) atoms. The van der Waals surface area contributed by atoms with Crippen LogP contribution in [0.25, 0.3) is 0 Å². The lowest BCUT2D eigenvalue weighted by Crippen LogP contribution is -2.33. The molecule has 0 unspecified atom stereocenters. The van der Waals surface area contributed by atoms with E-state index in [2.05, 4.69) is 10.2 Å². The summed E-state index contributed by atoms with van der Waals surface area (Å²) in [7, 11) is 9.25. The molecule has 1 saturated carbocycles. The fraction of sp³-hybridized carbons (Fsp3) is 0.800. The minimum Gasteiger partial charge on any atom is -0.377 e. The van der Waals surface area contributed by atoms with Crippen LogP contribution in [0.5, 0.6) is 0 Å². The molecule has 2 fully saturated rings. The van der Waals surface area contributed by atoms with Crippen LogP contribution < -0.4 is 0 Å². The summed E-state index contributed by atoms with van der Waals surface area (Å²) in [5.74, 6) is 2.93. The van der Waals surface area contributed by atoms with Gasteiger partial charge in [-0.05, 0) is 18.8 Å². The van der Waals surface area contributed by atoms with Crippen molar-refractivity contribution in [2.24, 2.45) is 11.8 Å². The Hall–Kier alpha value is -0.0182.